The fourth-order valence-corrected chi connectivity index (χ4v) is 16.0. The summed E-state index contributed by atoms with van der Waals surface area (Å²) in [4.78, 5) is 21.4. The minimum Gasteiger partial charge on any atom is -0.348 e. The maximum atomic E-state index is 15.2. The summed E-state index contributed by atoms with van der Waals surface area (Å²) < 4.78 is 24.3. The van der Waals surface area contributed by atoms with Gasteiger partial charge >= 0.3 is 0 Å². The predicted molar refractivity (Wildman–Crippen MR) is 342 cm³/mol. The van der Waals surface area contributed by atoms with Crippen LogP contribution < -0.4 is 20.9 Å². The van der Waals surface area contributed by atoms with E-state index in [4.69, 9.17) is 15.1 Å². The smallest absolute Gasteiger partial charge is 0.186 e. The number of nitrogens with one attached hydrogen (secondary N) is 3. The van der Waals surface area contributed by atoms with E-state index in [2.05, 4.69) is 161 Å². The second kappa shape index (κ2) is 22.2. The number of anilines is 1. The minimum atomic E-state index is -1.29. The molecule has 0 aliphatic carbocycles. The Morgan fingerprint density at radius 3 is 1.78 bits per heavy atom. The van der Waals surface area contributed by atoms with E-state index in [-0.39, 0.29) is 11.1 Å². The highest BCUT2D eigenvalue weighted by atomic mass is 32.1. The van der Waals surface area contributed by atoms with E-state index in [9.17, 15) is 0 Å². The Morgan fingerprint density at radius 2 is 1.12 bits per heavy atom. The number of imidazole rings is 1. The molecule has 1 unspecified atom stereocenters. The third-order valence-electron chi connectivity index (χ3n) is 16.5. The predicted octanol–water partition coefficient (Wildman–Crippen LogP) is 14.2. The molecule has 3 saturated heterocycles. The van der Waals surface area contributed by atoms with Crippen molar-refractivity contribution in [2.45, 2.75) is 108 Å². The number of rotatable bonds is 7. The van der Waals surface area contributed by atoms with Crippen molar-refractivity contribution >= 4 is 97.2 Å². The molecular formula is C65H71FN14S3. The van der Waals surface area contributed by atoms with Crippen LogP contribution in [0.2, 0.25) is 0 Å². The summed E-state index contributed by atoms with van der Waals surface area (Å²) >= 11 is 5.13. The molecule has 15 rings (SSSR count). The first-order valence-electron chi connectivity index (χ1n) is 29.0. The molecule has 0 bridgehead atoms. The topological polar surface area (TPSA) is 144 Å². The van der Waals surface area contributed by atoms with E-state index in [0.717, 1.165) is 102 Å². The Kier molecular flexibility index (Phi) is 14.7. The third kappa shape index (κ3) is 11.8. The average molecular weight is 1160 g/mol. The summed E-state index contributed by atoms with van der Waals surface area (Å²) in [5.41, 5.74) is 12.7. The lowest BCUT2D eigenvalue weighted by atomic mass is 9.79. The van der Waals surface area contributed by atoms with Crippen LogP contribution in [0.3, 0.4) is 0 Å². The van der Waals surface area contributed by atoms with Gasteiger partial charge in [0.05, 0.1) is 64.3 Å². The minimum absolute atomic E-state index is 0.112. The number of benzene rings is 5. The largest absolute Gasteiger partial charge is 0.348 e. The second-order valence-corrected chi connectivity index (χ2v) is 27.4. The molecule has 0 saturated carbocycles. The van der Waals surface area contributed by atoms with Crippen molar-refractivity contribution in [1.82, 2.24) is 65.1 Å². The fraction of sp³-hybridized carbons (Fsp3) is 0.369. The van der Waals surface area contributed by atoms with Crippen LogP contribution in [-0.2, 0) is 19.8 Å². The quantitative estimate of drug-likeness (QED) is 0.140. The third-order valence-corrected chi connectivity index (χ3v) is 20.0. The van der Waals surface area contributed by atoms with Crippen LogP contribution in [0.5, 0.6) is 0 Å². The maximum absolute atomic E-state index is 15.2. The van der Waals surface area contributed by atoms with E-state index >= 15 is 4.39 Å². The summed E-state index contributed by atoms with van der Waals surface area (Å²) in [6.07, 6.45) is 12.9. The summed E-state index contributed by atoms with van der Waals surface area (Å²) in [6.45, 7) is 14.8. The Morgan fingerprint density at radius 1 is 0.566 bits per heavy atom. The summed E-state index contributed by atoms with van der Waals surface area (Å²) in [7, 11) is 6.09. The number of nitrogens with zero attached hydrogens (tertiary/aromatic N) is 11. The van der Waals surface area contributed by atoms with Crippen molar-refractivity contribution in [1.29, 1.82) is 0 Å². The van der Waals surface area contributed by atoms with Crippen LogP contribution in [0.1, 0.15) is 94.3 Å². The van der Waals surface area contributed by atoms with E-state index in [0.29, 0.717) is 42.9 Å². The van der Waals surface area contributed by atoms with Gasteiger partial charge < -0.3 is 20.9 Å². The molecule has 3 aliphatic heterocycles. The molecule has 12 aromatic rings. The number of fused-ring (bicyclic) bond motifs is 6. The average Bonchev–Trinajstić information content (AvgIpc) is 4.47. The van der Waals surface area contributed by atoms with E-state index < -0.39 is 5.67 Å². The van der Waals surface area contributed by atoms with Crippen LogP contribution in [0.15, 0.2) is 122 Å². The molecule has 3 aliphatic rings. The van der Waals surface area contributed by atoms with Crippen molar-refractivity contribution in [2.75, 3.05) is 38.1 Å². The zero-order chi connectivity index (χ0) is 57.2. The molecule has 0 radical (unpaired) electrons. The maximum Gasteiger partial charge on any atom is 0.186 e. The number of alkyl halides is 1. The first kappa shape index (κ1) is 55.1. The summed E-state index contributed by atoms with van der Waals surface area (Å²) in [5, 5.41) is 29.4. The van der Waals surface area contributed by atoms with Crippen LogP contribution in [0.25, 0.3) is 91.6 Å². The van der Waals surface area contributed by atoms with Gasteiger partial charge in [0.15, 0.2) is 16.4 Å². The second-order valence-electron chi connectivity index (χ2n) is 24.3. The number of aromatic nitrogens is 10. The van der Waals surface area contributed by atoms with E-state index in [1.54, 1.807) is 11.3 Å². The molecule has 7 aromatic heterocycles. The standard InChI is InChI=1S/C24H30N6S.C21H22N4S.C20H19FN4S/c1-15-14-30-21(25-15)10-9-18(27-30)16-7-8-19-20(11-16)31-22(26-19)29(6)17-12-23(2,3)28-24(4,5)13-17;1-25-13-17-11-15(4-6-18(17)24-25)16-5-7-19-20(12-16)26-21(23-19)14-3-2-9-22-10-8-14;1-25-12-15-10-13(2-4-16(15)24-25)14-3-5-17-18(11-14)26-19(23-17)20(21)6-8-22-9-7-20/h7-11,14,17,28H,12-13H2,1-6H3;4-7,11-14,22H,2-3,8-10H2,1H3;2-5,10-12,22H,6-9H2,1H3. The normalized spacial score (nSPS) is 18.1. The Labute approximate surface area is 495 Å². The van der Waals surface area contributed by atoms with Gasteiger partial charge in [0.2, 0.25) is 0 Å². The molecule has 83 heavy (non-hydrogen) atoms. The first-order chi connectivity index (χ1) is 39.9. The number of halogens is 1. The van der Waals surface area contributed by atoms with E-state index in [1.807, 2.05) is 82.9 Å². The highest BCUT2D eigenvalue weighted by molar-refractivity contribution is 7.22. The molecule has 10 heterocycles. The van der Waals surface area contributed by atoms with E-state index in [1.165, 1.54) is 61.5 Å². The highest BCUT2D eigenvalue weighted by Crippen LogP contribution is 2.42. The van der Waals surface area contributed by atoms with Crippen LogP contribution in [-0.4, -0.2) is 99.5 Å². The van der Waals surface area contributed by atoms with Gasteiger partial charge in [-0.25, -0.2) is 28.8 Å². The summed E-state index contributed by atoms with van der Waals surface area (Å²) in [5.74, 6) is 0.609. The molecule has 3 N–H and O–H groups in total. The van der Waals surface area contributed by atoms with Crippen molar-refractivity contribution in [2.24, 2.45) is 14.1 Å². The highest BCUT2D eigenvalue weighted by Gasteiger charge is 2.40. The molecule has 426 valence electrons. The number of hydrogen-bond acceptors (Lipinski definition) is 14. The van der Waals surface area contributed by atoms with Crippen LogP contribution in [0, 0.1) is 6.92 Å². The summed E-state index contributed by atoms with van der Waals surface area (Å²) in [6, 6.07) is 36.6. The Hall–Kier alpha value is -7.06. The van der Waals surface area contributed by atoms with Crippen molar-refractivity contribution in [3.63, 3.8) is 0 Å². The van der Waals surface area contributed by atoms with Crippen molar-refractivity contribution in [3.8, 4) is 33.5 Å². The number of aryl methyl sites for hydroxylation is 3. The number of piperidine rings is 2. The van der Waals surface area contributed by atoms with Crippen molar-refractivity contribution < 1.29 is 4.39 Å². The Balaban J connectivity index is 0.000000117. The monoisotopic (exact) mass is 1160 g/mol. The molecule has 1 atom stereocenters. The molecule has 3 fully saturated rings. The zero-order valence-electron chi connectivity index (χ0n) is 48.5. The first-order valence-corrected chi connectivity index (χ1v) is 31.5. The SMILES string of the molecule is Cc1cn2nc(-c3ccc4nc(N(C)C5CC(C)(C)NC(C)(C)C5)sc4c3)ccc2n1.Cn1cc2cc(-c3ccc4nc(C5(F)CCNCC5)sc4c3)ccc2n1.Cn1cc2cc(-c3ccc4nc(C5CCCNCC5)sc4c3)ccc2n1. The van der Waals surface area contributed by atoms with Gasteiger partial charge in [0.25, 0.3) is 0 Å². The van der Waals surface area contributed by atoms with Gasteiger partial charge in [-0.2, -0.15) is 15.3 Å². The fourth-order valence-electron chi connectivity index (χ4n) is 12.6. The molecule has 5 aromatic carbocycles. The molecule has 14 nitrogen and oxygen atoms in total. The molecular weight excluding hydrogens is 1090 g/mol. The molecule has 0 amide bonds. The van der Waals surface area contributed by atoms with Crippen LogP contribution >= 0.6 is 34.0 Å². The van der Waals surface area contributed by atoms with Crippen molar-refractivity contribution in [3.05, 3.63) is 137 Å². The van der Waals surface area contributed by atoms with Crippen LogP contribution in [0.4, 0.5) is 9.52 Å². The number of thiazole rings is 3. The lowest BCUT2D eigenvalue weighted by Crippen LogP contribution is -2.61. The number of hydrogen-bond donors (Lipinski definition) is 3. The van der Waals surface area contributed by atoms with Gasteiger partial charge in [0.1, 0.15) is 5.01 Å². The zero-order valence-corrected chi connectivity index (χ0v) is 51.0. The van der Waals surface area contributed by atoms with Gasteiger partial charge in [-0.1, -0.05) is 41.7 Å². The van der Waals surface area contributed by atoms with Gasteiger partial charge in [-0.3, -0.25) is 9.36 Å². The lowest BCUT2D eigenvalue weighted by Gasteiger charge is -2.48. The van der Waals surface area contributed by atoms with Gasteiger partial charge in [0, 0.05) is 85.8 Å². The lowest BCUT2D eigenvalue weighted by molar-refractivity contribution is 0.115. The molecule has 18 heteroatoms. The molecule has 0 spiro atoms. The van der Waals surface area contributed by atoms with Gasteiger partial charge in [-0.15, -0.1) is 22.7 Å². The Bertz CT molecular complexity index is 4300. The van der Waals surface area contributed by atoms with Gasteiger partial charge in [-0.05, 0) is 188 Å².